The second-order valence-electron chi connectivity index (χ2n) is 6.97. The number of hydrogen-bond acceptors (Lipinski definition) is 3. The number of rotatable bonds is 5. The molecule has 0 saturated heterocycles. The Bertz CT molecular complexity index is 1120. The molecule has 0 aliphatic rings. The fraction of sp³-hybridized carbons (Fsp3) is 0.130. The lowest BCUT2D eigenvalue weighted by atomic mass is 10.0. The zero-order valence-corrected chi connectivity index (χ0v) is 15.9. The summed E-state index contributed by atoms with van der Waals surface area (Å²) < 4.78 is 0. The topological polar surface area (TPSA) is 61.0 Å². The number of pyridine rings is 1. The number of benzene rings is 2. The molecule has 0 spiro atoms. The molecule has 4 aromatic rings. The van der Waals surface area contributed by atoms with Gasteiger partial charge in [0.1, 0.15) is 5.65 Å². The number of aromatic amines is 1. The number of H-pyrrole nitrogens is 1. The number of amides is 1. The van der Waals surface area contributed by atoms with E-state index >= 15 is 0 Å². The maximum atomic E-state index is 12.6. The summed E-state index contributed by atoms with van der Waals surface area (Å²) in [6.07, 6.45) is 4.00. The van der Waals surface area contributed by atoms with Gasteiger partial charge in [-0.2, -0.15) is 0 Å². The number of hydrogen-bond donors (Lipinski definition) is 2. The summed E-state index contributed by atoms with van der Waals surface area (Å²) in [4.78, 5) is 22.3. The second-order valence-corrected chi connectivity index (χ2v) is 6.97. The van der Waals surface area contributed by atoms with E-state index < -0.39 is 0 Å². The van der Waals surface area contributed by atoms with Gasteiger partial charge in [-0.15, -0.1) is 0 Å². The van der Waals surface area contributed by atoms with E-state index in [9.17, 15) is 4.79 Å². The van der Waals surface area contributed by atoms with E-state index in [4.69, 9.17) is 0 Å². The van der Waals surface area contributed by atoms with Crippen LogP contribution in [0.2, 0.25) is 0 Å². The van der Waals surface area contributed by atoms with Gasteiger partial charge < -0.3 is 15.2 Å². The van der Waals surface area contributed by atoms with Crippen LogP contribution in [0.4, 0.5) is 11.4 Å². The predicted molar refractivity (Wildman–Crippen MR) is 115 cm³/mol. The van der Waals surface area contributed by atoms with Crippen LogP contribution in [-0.4, -0.2) is 30.0 Å². The molecule has 0 bridgehead atoms. The summed E-state index contributed by atoms with van der Waals surface area (Å²) in [7, 11) is 3.95. The second kappa shape index (κ2) is 7.56. The highest BCUT2D eigenvalue weighted by Crippen LogP contribution is 2.25. The van der Waals surface area contributed by atoms with Crippen molar-refractivity contribution in [2.45, 2.75) is 6.42 Å². The Hall–Kier alpha value is -3.60. The number of carbonyl (C=O) groups is 1. The highest BCUT2D eigenvalue weighted by atomic mass is 16.1. The van der Waals surface area contributed by atoms with E-state index in [0.717, 1.165) is 39.1 Å². The lowest BCUT2D eigenvalue weighted by Crippen LogP contribution is -2.15. The van der Waals surface area contributed by atoms with Crippen LogP contribution in [0, 0.1) is 0 Å². The molecular formula is C23H22N4O. The molecule has 0 fully saturated rings. The minimum Gasteiger partial charge on any atom is -0.378 e. The third-order valence-electron chi connectivity index (χ3n) is 4.72. The minimum absolute atomic E-state index is 0.0538. The first kappa shape index (κ1) is 17.8. The summed E-state index contributed by atoms with van der Waals surface area (Å²) in [5.74, 6) is -0.0538. The summed E-state index contributed by atoms with van der Waals surface area (Å²) in [6.45, 7) is 0. The molecule has 0 unspecified atom stereocenters. The zero-order valence-electron chi connectivity index (χ0n) is 15.9. The van der Waals surface area contributed by atoms with Gasteiger partial charge in [0, 0.05) is 48.8 Å². The summed E-state index contributed by atoms with van der Waals surface area (Å²) in [6, 6.07) is 20.0. The molecule has 2 aromatic carbocycles. The normalized spacial score (nSPS) is 10.8. The van der Waals surface area contributed by atoms with Gasteiger partial charge in [-0.1, -0.05) is 36.4 Å². The Kier molecular flexibility index (Phi) is 4.81. The lowest BCUT2D eigenvalue weighted by Gasteiger charge is -2.14. The summed E-state index contributed by atoms with van der Waals surface area (Å²) in [5.41, 5.74) is 5.70. The van der Waals surface area contributed by atoms with Crippen LogP contribution in [0.25, 0.3) is 22.2 Å². The fourth-order valence-corrected chi connectivity index (χ4v) is 3.23. The SMILES string of the molecule is CN(C)c1cccc(NC(=O)Cc2c[nH]c3ncc(-c4ccccc4)cc23)c1. The van der Waals surface area contributed by atoms with Crippen LogP contribution in [0.5, 0.6) is 0 Å². The minimum atomic E-state index is -0.0538. The Morgan fingerprint density at radius 2 is 1.86 bits per heavy atom. The number of nitrogens with zero attached hydrogens (tertiary/aromatic N) is 2. The monoisotopic (exact) mass is 370 g/mol. The van der Waals surface area contributed by atoms with Crippen LogP contribution in [-0.2, 0) is 11.2 Å². The Balaban J connectivity index is 1.56. The van der Waals surface area contributed by atoms with Gasteiger partial charge in [-0.3, -0.25) is 4.79 Å². The van der Waals surface area contributed by atoms with E-state index in [1.54, 1.807) is 0 Å². The smallest absolute Gasteiger partial charge is 0.228 e. The molecule has 0 aliphatic heterocycles. The van der Waals surface area contributed by atoms with Crippen molar-refractivity contribution in [2.75, 3.05) is 24.3 Å². The zero-order chi connectivity index (χ0) is 19.5. The third-order valence-corrected chi connectivity index (χ3v) is 4.72. The van der Waals surface area contributed by atoms with Crippen molar-refractivity contribution in [1.29, 1.82) is 0 Å². The molecule has 2 N–H and O–H groups in total. The molecule has 2 aromatic heterocycles. The molecule has 0 radical (unpaired) electrons. The first-order valence-corrected chi connectivity index (χ1v) is 9.19. The van der Waals surface area contributed by atoms with Crippen LogP contribution in [0.15, 0.2) is 73.1 Å². The summed E-state index contributed by atoms with van der Waals surface area (Å²) >= 11 is 0. The van der Waals surface area contributed by atoms with E-state index in [0.29, 0.717) is 0 Å². The van der Waals surface area contributed by atoms with Crippen LogP contribution in [0.3, 0.4) is 0 Å². The van der Waals surface area contributed by atoms with Gasteiger partial charge in [-0.05, 0) is 35.4 Å². The maximum Gasteiger partial charge on any atom is 0.228 e. The first-order chi connectivity index (χ1) is 13.6. The van der Waals surface area contributed by atoms with Crippen molar-refractivity contribution in [3.63, 3.8) is 0 Å². The van der Waals surface area contributed by atoms with Gasteiger partial charge in [-0.25, -0.2) is 4.98 Å². The van der Waals surface area contributed by atoms with Crippen LogP contribution < -0.4 is 10.2 Å². The van der Waals surface area contributed by atoms with Crippen LogP contribution >= 0.6 is 0 Å². The Morgan fingerprint density at radius 1 is 1.04 bits per heavy atom. The number of carbonyl (C=O) groups excluding carboxylic acids is 1. The van der Waals surface area contributed by atoms with E-state index in [1.165, 1.54) is 0 Å². The Morgan fingerprint density at radius 3 is 2.64 bits per heavy atom. The molecule has 28 heavy (non-hydrogen) atoms. The fourth-order valence-electron chi connectivity index (χ4n) is 3.23. The van der Waals surface area contributed by atoms with Crippen molar-refractivity contribution in [1.82, 2.24) is 9.97 Å². The predicted octanol–water partition coefficient (Wildman–Crippen LogP) is 4.48. The molecule has 2 heterocycles. The molecule has 140 valence electrons. The standard InChI is InChI=1S/C23H22N4O/c1-27(2)20-10-6-9-19(13-20)26-22(28)12-18-15-25-23-21(18)11-17(14-24-23)16-7-4-3-5-8-16/h3-11,13-15H,12H2,1-2H3,(H,24,25)(H,26,28). The van der Waals surface area contributed by atoms with Gasteiger partial charge >= 0.3 is 0 Å². The Labute approximate surface area is 164 Å². The van der Waals surface area contributed by atoms with E-state index in [1.807, 2.05) is 73.9 Å². The molecule has 0 atom stereocenters. The van der Waals surface area contributed by atoms with Crippen molar-refractivity contribution in [3.05, 3.63) is 78.6 Å². The quantitative estimate of drug-likeness (QED) is 0.545. The van der Waals surface area contributed by atoms with Gasteiger partial charge in [0.2, 0.25) is 5.91 Å². The third kappa shape index (κ3) is 3.74. The van der Waals surface area contributed by atoms with E-state index in [-0.39, 0.29) is 12.3 Å². The van der Waals surface area contributed by atoms with E-state index in [2.05, 4.69) is 33.5 Å². The lowest BCUT2D eigenvalue weighted by molar-refractivity contribution is -0.115. The molecular weight excluding hydrogens is 348 g/mol. The van der Waals surface area contributed by atoms with Gasteiger partial charge in [0.25, 0.3) is 0 Å². The molecule has 0 saturated carbocycles. The number of anilines is 2. The molecule has 5 nitrogen and oxygen atoms in total. The molecule has 0 aliphatic carbocycles. The maximum absolute atomic E-state index is 12.6. The highest BCUT2D eigenvalue weighted by molar-refractivity contribution is 5.96. The van der Waals surface area contributed by atoms with Gasteiger partial charge in [0.05, 0.1) is 6.42 Å². The summed E-state index contributed by atoms with van der Waals surface area (Å²) in [5, 5.41) is 3.96. The average molecular weight is 370 g/mol. The van der Waals surface area contributed by atoms with Crippen molar-refractivity contribution in [3.8, 4) is 11.1 Å². The average Bonchev–Trinajstić information content (AvgIpc) is 3.10. The number of nitrogens with one attached hydrogen (secondary N) is 2. The molecule has 5 heteroatoms. The number of aromatic nitrogens is 2. The molecule has 4 rings (SSSR count). The molecule has 1 amide bonds. The van der Waals surface area contributed by atoms with Crippen molar-refractivity contribution in [2.24, 2.45) is 0 Å². The highest BCUT2D eigenvalue weighted by Gasteiger charge is 2.11. The largest absolute Gasteiger partial charge is 0.378 e. The van der Waals surface area contributed by atoms with Crippen LogP contribution in [0.1, 0.15) is 5.56 Å². The number of fused-ring (bicyclic) bond motifs is 1. The van der Waals surface area contributed by atoms with Crippen molar-refractivity contribution < 1.29 is 4.79 Å². The first-order valence-electron chi connectivity index (χ1n) is 9.19. The van der Waals surface area contributed by atoms with Crippen molar-refractivity contribution >= 4 is 28.3 Å². The van der Waals surface area contributed by atoms with Gasteiger partial charge in [0.15, 0.2) is 0 Å².